The lowest BCUT2D eigenvalue weighted by Gasteiger charge is -2.18. The van der Waals surface area contributed by atoms with Gasteiger partial charge >= 0.3 is 0 Å². The van der Waals surface area contributed by atoms with Crippen LogP contribution in [-0.4, -0.2) is 44.7 Å². The van der Waals surface area contributed by atoms with E-state index in [1.807, 2.05) is 0 Å². The summed E-state index contributed by atoms with van der Waals surface area (Å²) in [5, 5.41) is 3.40. The van der Waals surface area contributed by atoms with E-state index >= 15 is 0 Å². The lowest BCUT2D eigenvalue weighted by molar-refractivity contribution is 0.427. The molecule has 0 aromatic carbocycles. The summed E-state index contributed by atoms with van der Waals surface area (Å²) in [6.45, 7) is 5.82. The van der Waals surface area contributed by atoms with Crippen LogP contribution in [0.2, 0.25) is 0 Å². The van der Waals surface area contributed by atoms with E-state index in [9.17, 15) is 8.42 Å². The maximum Gasteiger partial charge on any atom is 0.213 e. The van der Waals surface area contributed by atoms with Gasteiger partial charge in [-0.1, -0.05) is 13.8 Å². The molecule has 1 aliphatic carbocycles. The Hall–Kier alpha value is -0.130. The molecule has 0 saturated heterocycles. The van der Waals surface area contributed by atoms with Crippen LogP contribution in [0.25, 0.3) is 0 Å². The van der Waals surface area contributed by atoms with Crippen LogP contribution in [0.15, 0.2) is 0 Å². The van der Waals surface area contributed by atoms with Gasteiger partial charge in [-0.2, -0.15) is 0 Å². The lowest BCUT2D eigenvalue weighted by atomic mass is 10.1. The summed E-state index contributed by atoms with van der Waals surface area (Å²) in [4.78, 5) is 0. The molecule has 4 nitrogen and oxygen atoms in total. The van der Waals surface area contributed by atoms with E-state index in [2.05, 4.69) is 19.2 Å². The van der Waals surface area contributed by atoms with E-state index in [0.717, 1.165) is 31.8 Å². The molecule has 1 fully saturated rings. The summed E-state index contributed by atoms with van der Waals surface area (Å²) in [7, 11) is -1.34. The average Bonchev–Trinajstić information content (AvgIpc) is 3.09. The summed E-state index contributed by atoms with van der Waals surface area (Å²) in [5.41, 5.74) is 0. The summed E-state index contributed by atoms with van der Waals surface area (Å²) < 4.78 is 25.4. The number of hydrogen-bond acceptors (Lipinski definition) is 3. The molecule has 1 saturated carbocycles. The van der Waals surface area contributed by atoms with Crippen LogP contribution in [0, 0.1) is 5.92 Å². The van der Waals surface area contributed by atoms with Crippen LogP contribution in [0.4, 0.5) is 0 Å². The fourth-order valence-corrected chi connectivity index (χ4v) is 3.00. The average molecular weight is 276 g/mol. The second kappa shape index (κ2) is 7.46. The molecular weight excluding hydrogens is 248 g/mol. The maximum absolute atomic E-state index is 12.0. The Bertz CT molecular complexity index is 324. The number of sulfonamides is 1. The zero-order chi connectivity index (χ0) is 13.6. The first-order valence-electron chi connectivity index (χ1n) is 7.09. The molecule has 0 atom stereocenters. The van der Waals surface area contributed by atoms with Crippen molar-refractivity contribution in [3.05, 3.63) is 0 Å². The highest BCUT2D eigenvalue weighted by atomic mass is 32.2. The predicted octanol–water partition coefficient (Wildman–Crippen LogP) is 1.83. The molecule has 0 heterocycles. The summed E-state index contributed by atoms with van der Waals surface area (Å²) in [6, 6.07) is 0.718. The fraction of sp³-hybridized carbons (Fsp3) is 1.00. The fourth-order valence-electron chi connectivity index (χ4n) is 1.74. The molecule has 18 heavy (non-hydrogen) atoms. The van der Waals surface area contributed by atoms with E-state index in [-0.39, 0.29) is 5.75 Å². The number of rotatable bonds is 10. The first kappa shape index (κ1) is 15.9. The Morgan fingerprint density at radius 1 is 1.28 bits per heavy atom. The first-order valence-corrected chi connectivity index (χ1v) is 8.70. The molecule has 1 N–H and O–H groups in total. The molecule has 0 unspecified atom stereocenters. The van der Waals surface area contributed by atoms with Crippen LogP contribution >= 0.6 is 0 Å². The smallest absolute Gasteiger partial charge is 0.213 e. The Kier molecular flexibility index (Phi) is 6.60. The van der Waals surface area contributed by atoms with Crippen LogP contribution in [-0.2, 0) is 10.0 Å². The van der Waals surface area contributed by atoms with Crippen molar-refractivity contribution in [2.45, 2.75) is 52.0 Å². The highest BCUT2D eigenvalue weighted by molar-refractivity contribution is 7.89. The zero-order valence-corrected chi connectivity index (χ0v) is 12.8. The highest BCUT2D eigenvalue weighted by Crippen LogP contribution is 2.18. The van der Waals surface area contributed by atoms with Crippen molar-refractivity contribution in [3.8, 4) is 0 Å². The number of unbranched alkanes of at least 4 members (excludes halogenated alkanes) is 1. The van der Waals surface area contributed by atoms with Crippen molar-refractivity contribution in [1.82, 2.24) is 9.62 Å². The van der Waals surface area contributed by atoms with Gasteiger partial charge in [0, 0.05) is 19.6 Å². The van der Waals surface area contributed by atoms with Crippen LogP contribution in [0.1, 0.15) is 46.0 Å². The van der Waals surface area contributed by atoms with E-state index in [4.69, 9.17) is 0 Å². The molecule has 1 aliphatic rings. The van der Waals surface area contributed by atoms with Crippen molar-refractivity contribution in [2.75, 3.05) is 25.9 Å². The van der Waals surface area contributed by atoms with E-state index in [1.165, 1.54) is 17.1 Å². The molecule has 0 bridgehead atoms. The van der Waals surface area contributed by atoms with E-state index in [0.29, 0.717) is 12.5 Å². The largest absolute Gasteiger partial charge is 0.314 e. The third kappa shape index (κ3) is 6.71. The third-order valence-electron chi connectivity index (χ3n) is 3.34. The predicted molar refractivity (Wildman–Crippen MR) is 76.1 cm³/mol. The topological polar surface area (TPSA) is 49.4 Å². The Morgan fingerprint density at radius 2 is 1.94 bits per heavy atom. The minimum absolute atomic E-state index is 0.286. The molecule has 5 heteroatoms. The standard InChI is InChI=1S/C13H28N2O2S/c1-12(2)8-10-15(3)18(16,17)11-5-4-9-14-13-6-7-13/h12-14H,4-11H2,1-3H3. The van der Waals surface area contributed by atoms with Crippen molar-refractivity contribution < 1.29 is 8.42 Å². The molecule has 108 valence electrons. The number of nitrogens with zero attached hydrogens (tertiary/aromatic N) is 1. The van der Waals surface area contributed by atoms with Gasteiger partial charge in [0.2, 0.25) is 10.0 Å². The minimum Gasteiger partial charge on any atom is -0.314 e. The Labute approximate surface area is 112 Å². The second-order valence-corrected chi connectivity index (χ2v) is 7.95. The third-order valence-corrected chi connectivity index (χ3v) is 5.27. The van der Waals surface area contributed by atoms with Crippen molar-refractivity contribution in [1.29, 1.82) is 0 Å². The molecular formula is C13H28N2O2S. The van der Waals surface area contributed by atoms with Crippen molar-refractivity contribution in [3.63, 3.8) is 0 Å². The molecule has 0 spiro atoms. The van der Waals surface area contributed by atoms with Gasteiger partial charge in [0.15, 0.2) is 0 Å². The lowest BCUT2D eigenvalue weighted by Crippen LogP contribution is -2.31. The number of nitrogens with one attached hydrogen (secondary N) is 1. The number of hydrogen-bond donors (Lipinski definition) is 1. The van der Waals surface area contributed by atoms with Gasteiger partial charge < -0.3 is 5.32 Å². The maximum atomic E-state index is 12.0. The van der Waals surface area contributed by atoms with Gasteiger partial charge in [0.05, 0.1) is 5.75 Å². The van der Waals surface area contributed by atoms with Crippen LogP contribution < -0.4 is 5.32 Å². The second-order valence-electron chi connectivity index (χ2n) is 5.76. The van der Waals surface area contributed by atoms with E-state index < -0.39 is 10.0 Å². The van der Waals surface area contributed by atoms with Gasteiger partial charge in [0.25, 0.3) is 0 Å². The van der Waals surface area contributed by atoms with Crippen LogP contribution in [0.5, 0.6) is 0 Å². The normalized spacial score (nSPS) is 16.7. The Morgan fingerprint density at radius 3 is 2.50 bits per heavy atom. The summed E-state index contributed by atoms with van der Waals surface area (Å²) in [5.74, 6) is 0.832. The van der Waals surface area contributed by atoms with Crippen LogP contribution in [0.3, 0.4) is 0 Å². The van der Waals surface area contributed by atoms with Gasteiger partial charge in [0.1, 0.15) is 0 Å². The zero-order valence-electron chi connectivity index (χ0n) is 12.0. The van der Waals surface area contributed by atoms with Gasteiger partial charge in [-0.15, -0.1) is 0 Å². The highest BCUT2D eigenvalue weighted by Gasteiger charge is 2.20. The first-order chi connectivity index (χ1) is 8.42. The summed E-state index contributed by atoms with van der Waals surface area (Å²) in [6.07, 6.45) is 5.22. The Balaban J connectivity index is 2.12. The van der Waals surface area contributed by atoms with Gasteiger partial charge in [-0.3, -0.25) is 0 Å². The van der Waals surface area contributed by atoms with Gasteiger partial charge in [-0.05, 0) is 44.6 Å². The molecule has 0 aromatic rings. The quantitative estimate of drug-likeness (QED) is 0.619. The summed E-state index contributed by atoms with van der Waals surface area (Å²) >= 11 is 0. The van der Waals surface area contributed by atoms with E-state index in [1.54, 1.807) is 7.05 Å². The SMILES string of the molecule is CC(C)CCN(C)S(=O)(=O)CCCCNC1CC1. The molecule has 0 aliphatic heterocycles. The monoisotopic (exact) mass is 276 g/mol. The van der Waals surface area contributed by atoms with Crippen molar-refractivity contribution in [2.24, 2.45) is 5.92 Å². The molecule has 1 rings (SSSR count). The minimum atomic E-state index is -3.04. The molecule has 0 aromatic heterocycles. The van der Waals surface area contributed by atoms with Gasteiger partial charge in [-0.25, -0.2) is 12.7 Å². The molecule has 0 radical (unpaired) electrons. The molecule has 0 amide bonds. The van der Waals surface area contributed by atoms with Crippen molar-refractivity contribution >= 4 is 10.0 Å².